The van der Waals surface area contributed by atoms with Gasteiger partial charge in [0, 0.05) is 29.5 Å². The van der Waals surface area contributed by atoms with Gasteiger partial charge in [-0.3, -0.25) is 0 Å². The Labute approximate surface area is 158 Å². The first-order valence-electron chi connectivity index (χ1n) is 9.06. The summed E-state index contributed by atoms with van der Waals surface area (Å²) >= 11 is 0. The average Bonchev–Trinajstić information content (AvgIpc) is 2.98. The van der Waals surface area contributed by atoms with Crippen LogP contribution in [0, 0.1) is 5.92 Å². The first kappa shape index (κ1) is 17.7. The lowest BCUT2D eigenvalue weighted by molar-refractivity contribution is -0.275. The molecular weight excluding hydrogens is 379 g/mol. The lowest BCUT2D eigenvalue weighted by atomic mass is 9.53. The molecule has 1 saturated heterocycles. The topological polar surface area (TPSA) is 68.2 Å². The van der Waals surface area contributed by atoms with Gasteiger partial charge in [-0.15, -0.1) is 13.2 Å². The number of amides is 1. The van der Waals surface area contributed by atoms with Crippen LogP contribution < -0.4 is 9.47 Å². The molecule has 1 aromatic rings. The van der Waals surface area contributed by atoms with Gasteiger partial charge < -0.3 is 24.2 Å². The van der Waals surface area contributed by atoms with E-state index in [0.717, 1.165) is 5.56 Å². The van der Waals surface area contributed by atoms with E-state index in [2.05, 4.69) is 4.74 Å². The molecule has 0 saturated carbocycles. The first-order chi connectivity index (χ1) is 13.3. The fourth-order valence-corrected chi connectivity index (χ4v) is 5.60. The number of piperidine rings is 1. The number of ether oxygens (including phenoxy) is 3. The second-order valence-corrected chi connectivity index (χ2v) is 7.64. The van der Waals surface area contributed by atoms with Gasteiger partial charge in [-0.2, -0.15) is 0 Å². The highest BCUT2D eigenvalue weighted by atomic mass is 19.4. The summed E-state index contributed by atoms with van der Waals surface area (Å²) in [7, 11) is 1.32. The summed E-state index contributed by atoms with van der Waals surface area (Å²) in [6.45, 7) is 0.373. The number of likely N-dealkylation sites (tertiary alicyclic amines) is 1. The van der Waals surface area contributed by atoms with Crippen molar-refractivity contribution in [3.63, 3.8) is 0 Å². The number of halogens is 3. The Kier molecular flexibility index (Phi) is 3.51. The molecule has 150 valence electrons. The summed E-state index contributed by atoms with van der Waals surface area (Å²) in [5, 5.41) is 10.6. The maximum absolute atomic E-state index is 12.9. The van der Waals surface area contributed by atoms with Crippen LogP contribution in [0.3, 0.4) is 0 Å². The third-order valence-corrected chi connectivity index (χ3v) is 6.49. The van der Waals surface area contributed by atoms with E-state index in [9.17, 15) is 23.1 Å². The zero-order valence-electron chi connectivity index (χ0n) is 14.9. The first-order valence-corrected chi connectivity index (χ1v) is 9.06. The fourth-order valence-electron chi connectivity index (χ4n) is 5.60. The lowest BCUT2D eigenvalue weighted by Crippen LogP contribution is -2.66. The predicted molar refractivity (Wildman–Crippen MR) is 89.1 cm³/mol. The molecule has 1 aromatic carbocycles. The summed E-state index contributed by atoms with van der Waals surface area (Å²) < 4.78 is 53.7. The van der Waals surface area contributed by atoms with Crippen molar-refractivity contribution >= 4 is 6.09 Å². The lowest BCUT2D eigenvalue weighted by Gasteiger charge is -2.56. The van der Waals surface area contributed by atoms with Crippen LogP contribution in [-0.4, -0.2) is 54.4 Å². The number of aliphatic hydroxyl groups is 1. The van der Waals surface area contributed by atoms with Crippen molar-refractivity contribution in [3.05, 3.63) is 35.4 Å². The summed E-state index contributed by atoms with van der Waals surface area (Å²) in [5.74, 6) is -0.531. The van der Waals surface area contributed by atoms with Crippen molar-refractivity contribution < 1.29 is 37.3 Å². The van der Waals surface area contributed by atoms with Gasteiger partial charge in [-0.05, 0) is 24.5 Å². The maximum Gasteiger partial charge on any atom is 0.573 e. The minimum atomic E-state index is -4.85. The van der Waals surface area contributed by atoms with Crippen LogP contribution in [0.4, 0.5) is 18.0 Å². The van der Waals surface area contributed by atoms with Gasteiger partial charge in [0.2, 0.25) is 0 Å². The average molecular weight is 397 g/mol. The van der Waals surface area contributed by atoms with Crippen molar-refractivity contribution in [2.45, 2.75) is 42.9 Å². The van der Waals surface area contributed by atoms with Crippen LogP contribution in [0.5, 0.6) is 11.5 Å². The van der Waals surface area contributed by atoms with Gasteiger partial charge in [-0.1, -0.05) is 18.2 Å². The Hall–Kier alpha value is -2.42. The summed E-state index contributed by atoms with van der Waals surface area (Å²) in [4.78, 5) is 13.9. The predicted octanol–water partition coefficient (Wildman–Crippen LogP) is 2.53. The number of carbonyl (C=O) groups is 1. The SMILES string of the molecule is COC(=O)N1CCC23c4c5ccc(OC(F)(F)F)c4OC2C(O)C=CC3C1C5. The van der Waals surface area contributed by atoms with E-state index in [1.54, 1.807) is 17.0 Å². The number of hydrogen-bond acceptors (Lipinski definition) is 5. The molecule has 9 heteroatoms. The van der Waals surface area contributed by atoms with E-state index in [1.807, 2.05) is 6.08 Å². The summed E-state index contributed by atoms with van der Waals surface area (Å²) in [5.41, 5.74) is 0.787. The standard InChI is InChI=1S/C19H18F3NO5/c1-26-17(25)23-7-6-18-10-3-4-12(24)16(18)27-15-13(28-19(20,21)22)5-2-9(14(15)18)8-11(10)23/h2-5,10-12,16,24H,6-8H2,1H3. The van der Waals surface area contributed by atoms with Crippen LogP contribution >= 0.6 is 0 Å². The van der Waals surface area contributed by atoms with Crippen molar-refractivity contribution in [1.29, 1.82) is 0 Å². The number of alkyl halides is 3. The third kappa shape index (κ3) is 2.16. The van der Waals surface area contributed by atoms with Crippen LogP contribution in [0.25, 0.3) is 0 Å². The molecule has 0 aromatic heterocycles. The number of rotatable bonds is 1. The van der Waals surface area contributed by atoms with Crippen molar-refractivity contribution in [2.24, 2.45) is 5.92 Å². The molecule has 1 amide bonds. The molecule has 6 nitrogen and oxygen atoms in total. The highest BCUT2D eigenvalue weighted by Gasteiger charge is 2.65. The van der Waals surface area contributed by atoms with Crippen LogP contribution in [0.2, 0.25) is 0 Å². The number of aliphatic hydroxyl groups excluding tert-OH is 1. The fraction of sp³-hybridized carbons (Fsp3) is 0.526. The van der Waals surface area contributed by atoms with Crippen molar-refractivity contribution in [3.8, 4) is 11.5 Å². The minimum absolute atomic E-state index is 0.0533. The molecule has 0 radical (unpaired) electrons. The van der Waals surface area contributed by atoms with Crippen molar-refractivity contribution in [1.82, 2.24) is 4.90 Å². The molecule has 5 unspecified atom stereocenters. The number of hydrogen-bond donors (Lipinski definition) is 1. The van der Waals surface area contributed by atoms with Gasteiger partial charge in [-0.25, -0.2) is 4.79 Å². The Morgan fingerprint density at radius 3 is 2.86 bits per heavy atom. The number of benzene rings is 1. The second-order valence-electron chi connectivity index (χ2n) is 7.64. The normalized spacial score (nSPS) is 34.5. The molecule has 1 fully saturated rings. The van der Waals surface area contributed by atoms with Crippen LogP contribution in [-0.2, 0) is 16.6 Å². The van der Waals surface area contributed by atoms with Gasteiger partial charge in [0.15, 0.2) is 11.5 Å². The molecule has 2 aliphatic carbocycles. The van der Waals surface area contributed by atoms with E-state index < -0.39 is 35.8 Å². The second kappa shape index (κ2) is 5.56. The molecule has 1 N–H and O–H groups in total. The Balaban J connectivity index is 1.69. The minimum Gasteiger partial charge on any atom is -0.482 e. The zero-order chi connectivity index (χ0) is 19.8. The molecule has 2 bridgehead atoms. The number of methoxy groups -OCH3 is 1. The van der Waals surface area contributed by atoms with E-state index in [-0.39, 0.29) is 17.7 Å². The molecular formula is C19H18F3NO5. The number of nitrogens with zero attached hydrogens (tertiary/aromatic N) is 1. The number of carbonyl (C=O) groups excluding carboxylic acids is 1. The van der Waals surface area contributed by atoms with Crippen LogP contribution in [0.1, 0.15) is 17.5 Å². The Bertz CT molecular complexity index is 885. The monoisotopic (exact) mass is 397 g/mol. The molecule has 28 heavy (non-hydrogen) atoms. The van der Waals surface area contributed by atoms with E-state index >= 15 is 0 Å². The van der Waals surface area contributed by atoms with Crippen molar-refractivity contribution in [2.75, 3.05) is 13.7 Å². The molecule has 5 atom stereocenters. The maximum atomic E-state index is 12.9. The Morgan fingerprint density at radius 2 is 2.14 bits per heavy atom. The highest BCUT2D eigenvalue weighted by Crippen LogP contribution is 2.62. The van der Waals surface area contributed by atoms with Gasteiger partial charge >= 0.3 is 12.5 Å². The third-order valence-electron chi connectivity index (χ3n) is 6.49. The molecule has 2 aliphatic heterocycles. The molecule has 5 rings (SSSR count). The summed E-state index contributed by atoms with van der Waals surface area (Å²) in [6, 6.07) is 2.62. The van der Waals surface area contributed by atoms with E-state index in [4.69, 9.17) is 9.47 Å². The smallest absolute Gasteiger partial charge is 0.482 e. The highest BCUT2D eigenvalue weighted by molar-refractivity contribution is 5.70. The van der Waals surface area contributed by atoms with Gasteiger partial charge in [0.1, 0.15) is 12.2 Å². The van der Waals surface area contributed by atoms with E-state index in [0.29, 0.717) is 24.9 Å². The van der Waals surface area contributed by atoms with E-state index in [1.165, 1.54) is 13.2 Å². The van der Waals surface area contributed by atoms with Crippen LogP contribution in [0.15, 0.2) is 24.3 Å². The van der Waals surface area contributed by atoms with Gasteiger partial charge in [0.05, 0.1) is 7.11 Å². The summed E-state index contributed by atoms with van der Waals surface area (Å²) in [6.07, 6.45) is -2.59. The molecule has 4 aliphatic rings. The quantitative estimate of drug-likeness (QED) is 0.738. The molecule has 1 spiro atoms. The van der Waals surface area contributed by atoms with Gasteiger partial charge in [0.25, 0.3) is 0 Å². The largest absolute Gasteiger partial charge is 0.573 e. The zero-order valence-corrected chi connectivity index (χ0v) is 14.9. The Morgan fingerprint density at radius 1 is 1.36 bits per heavy atom. The molecule has 2 heterocycles.